The van der Waals surface area contributed by atoms with Gasteiger partial charge in [-0.05, 0) is 25.6 Å². The van der Waals surface area contributed by atoms with E-state index in [1.54, 1.807) is 24.1 Å². The first-order chi connectivity index (χ1) is 10.8. The summed E-state index contributed by atoms with van der Waals surface area (Å²) in [4.78, 5) is 13.6. The van der Waals surface area contributed by atoms with Crippen LogP contribution in [0.2, 0.25) is 0 Å². The number of nitrogens with one attached hydrogen (secondary N) is 1. The highest BCUT2D eigenvalue weighted by atomic mass is 32.2. The second kappa shape index (κ2) is 7.74. The van der Waals surface area contributed by atoms with E-state index in [0.717, 1.165) is 0 Å². The van der Waals surface area contributed by atoms with Gasteiger partial charge in [0, 0.05) is 18.7 Å². The topological polar surface area (TPSA) is 75.7 Å². The summed E-state index contributed by atoms with van der Waals surface area (Å²) < 4.78 is 41.1. The second-order valence-electron chi connectivity index (χ2n) is 5.71. The molecule has 0 saturated carbocycles. The van der Waals surface area contributed by atoms with Crippen LogP contribution in [0.15, 0.2) is 24.3 Å². The molecule has 1 fully saturated rings. The van der Waals surface area contributed by atoms with Gasteiger partial charge in [-0.3, -0.25) is 9.69 Å². The van der Waals surface area contributed by atoms with Gasteiger partial charge in [0.25, 0.3) is 0 Å². The fourth-order valence-corrected chi connectivity index (χ4v) is 4.06. The number of benzene rings is 1. The van der Waals surface area contributed by atoms with Crippen molar-refractivity contribution in [2.24, 2.45) is 0 Å². The van der Waals surface area contributed by atoms with Crippen LogP contribution in [-0.2, 0) is 14.6 Å². The number of sulfone groups is 1. The van der Waals surface area contributed by atoms with Crippen molar-refractivity contribution >= 4 is 15.7 Å². The molecule has 0 aliphatic carbocycles. The Hall–Kier alpha value is -1.67. The van der Waals surface area contributed by atoms with Gasteiger partial charge < -0.3 is 10.1 Å². The fourth-order valence-electron chi connectivity index (χ4n) is 2.38. The maximum Gasteiger partial charge on any atom is 0.234 e. The number of nitrogens with zero attached hydrogens (tertiary/aromatic N) is 1. The molecular weight excluding hydrogens is 323 g/mol. The van der Waals surface area contributed by atoms with Crippen LogP contribution in [0.3, 0.4) is 0 Å². The molecule has 1 heterocycles. The molecule has 0 spiro atoms. The average molecular weight is 344 g/mol. The molecular formula is C15H21FN2O4S. The summed E-state index contributed by atoms with van der Waals surface area (Å²) in [5, 5.41) is 2.73. The van der Waals surface area contributed by atoms with Crippen molar-refractivity contribution in [2.45, 2.75) is 12.5 Å². The van der Waals surface area contributed by atoms with Gasteiger partial charge in [-0.2, -0.15) is 0 Å². The van der Waals surface area contributed by atoms with Gasteiger partial charge in [-0.15, -0.1) is 0 Å². The van der Waals surface area contributed by atoms with Gasteiger partial charge in [0.05, 0.1) is 18.1 Å². The van der Waals surface area contributed by atoms with E-state index in [1.807, 2.05) is 0 Å². The Kier molecular flexibility index (Phi) is 5.95. The van der Waals surface area contributed by atoms with Gasteiger partial charge in [-0.1, -0.05) is 6.07 Å². The second-order valence-corrected chi connectivity index (χ2v) is 7.94. The van der Waals surface area contributed by atoms with Crippen molar-refractivity contribution in [3.8, 4) is 5.75 Å². The minimum absolute atomic E-state index is 0.0190. The van der Waals surface area contributed by atoms with E-state index in [-0.39, 0.29) is 35.8 Å². The van der Waals surface area contributed by atoms with Crippen molar-refractivity contribution in [3.63, 3.8) is 0 Å². The number of hydrogen-bond acceptors (Lipinski definition) is 5. The number of carbonyl (C=O) groups is 1. The maximum atomic E-state index is 13.0. The molecule has 6 nitrogen and oxygen atoms in total. The number of hydrogen-bond donors (Lipinski definition) is 1. The molecule has 1 aliphatic rings. The Balaban J connectivity index is 1.66. The summed E-state index contributed by atoms with van der Waals surface area (Å²) in [5.74, 6) is 0.0292. The van der Waals surface area contributed by atoms with Crippen molar-refractivity contribution in [2.75, 3.05) is 38.2 Å². The normalized spacial score (nSPS) is 19.7. The number of amides is 1. The van der Waals surface area contributed by atoms with E-state index in [1.165, 1.54) is 12.1 Å². The average Bonchev–Trinajstić information content (AvgIpc) is 2.77. The molecule has 1 aliphatic heterocycles. The Morgan fingerprint density at radius 1 is 1.48 bits per heavy atom. The van der Waals surface area contributed by atoms with Gasteiger partial charge in [-0.25, -0.2) is 12.8 Å². The molecule has 1 unspecified atom stereocenters. The molecule has 0 radical (unpaired) electrons. The van der Waals surface area contributed by atoms with E-state index in [4.69, 9.17) is 4.74 Å². The van der Waals surface area contributed by atoms with E-state index < -0.39 is 9.84 Å². The third-order valence-electron chi connectivity index (χ3n) is 3.55. The fraction of sp³-hybridized carbons (Fsp3) is 0.533. The molecule has 23 heavy (non-hydrogen) atoms. The number of halogens is 1. The lowest BCUT2D eigenvalue weighted by atomic mass is 10.2. The highest BCUT2D eigenvalue weighted by Crippen LogP contribution is 2.12. The SMILES string of the molecule is CN(CCOc1cccc(F)c1)CC(=O)NC1CCS(=O)(=O)C1. The molecule has 0 bridgehead atoms. The first-order valence-corrected chi connectivity index (χ1v) is 9.23. The maximum absolute atomic E-state index is 13.0. The number of likely N-dealkylation sites (N-methyl/N-ethyl adjacent to an activating group) is 1. The highest BCUT2D eigenvalue weighted by molar-refractivity contribution is 7.91. The molecule has 0 aromatic heterocycles. The molecule has 1 N–H and O–H groups in total. The van der Waals surface area contributed by atoms with Crippen molar-refractivity contribution < 1.29 is 22.3 Å². The smallest absolute Gasteiger partial charge is 0.234 e. The van der Waals surface area contributed by atoms with E-state index in [0.29, 0.717) is 25.3 Å². The summed E-state index contributed by atoms with van der Waals surface area (Å²) in [5.41, 5.74) is 0. The van der Waals surface area contributed by atoms with Crippen molar-refractivity contribution in [1.29, 1.82) is 0 Å². The van der Waals surface area contributed by atoms with E-state index >= 15 is 0 Å². The Labute approximate surface area is 135 Å². The minimum Gasteiger partial charge on any atom is -0.492 e. The van der Waals surface area contributed by atoms with E-state index in [2.05, 4.69) is 5.32 Å². The van der Waals surface area contributed by atoms with Gasteiger partial charge in [0.15, 0.2) is 9.84 Å². The lowest BCUT2D eigenvalue weighted by Gasteiger charge is -2.18. The van der Waals surface area contributed by atoms with Crippen LogP contribution in [0.5, 0.6) is 5.75 Å². The largest absolute Gasteiger partial charge is 0.492 e. The summed E-state index contributed by atoms with van der Waals surface area (Å²) in [6.45, 7) is 0.973. The highest BCUT2D eigenvalue weighted by Gasteiger charge is 2.28. The predicted molar refractivity (Wildman–Crippen MR) is 84.6 cm³/mol. The first kappa shape index (κ1) is 17.7. The molecule has 128 valence electrons. The van der Waals surface area contributed by atoms with Crippen LogP contribution in [0.1, 0.15) is 6.42 Å². The molecule has 1 atom stereocenters. The third-order valence-corrected chi connectivity index (χ3v) is 5.32. The van der Waals surface area contributed by atoms with Crippen molar-refractivity contribution in [1.82, 2.24) is 10.2 Å². The standard InChI is InChI=1S/C15H21FN2O4S/c1-18(6-7-22-14-4-2-3-12(16)9-14)10-15(19)17-13-5-8-23(20,21)11-13/h2-4,9,13H,5-8,10-11H2,1H3,(H,17,19). The van der Waals surface area contributed by atoms with Crippen LogP contribution in [0.4, 0.5) is 4.39 Å². The van der Waals surface area contributed by atoms with Crippen LogP contribution in [0, 0.1) is 5.82 Å². The number of rotatable bonds is 7. The zero-order valence-corrected chi connectivity index (χ0v) is 13.8. The lowest BCUT2D eigenvalue weighted by Crippen LogP contribution is -2.42. The van der Waals surface area contributed by atoms with Gasteiger partial charge in [0.1, 0.15) is 18.2 Å². The minimum atomic E-state index is -3.00. The Morgan fingerprint density at radius 2 is 2.26 bits per heavy atom. The van der Waals surface area contributed by atoms with Crippen LogP contribution < -0.4 is 10.1 Å². The molecule has 1 saturated heterocycles. The zero-order chi connectivity index (χ0) is 16.9. The van der Waals surface area contributed by atoms with Gasteiger partial charge in [0.2, 0.25) is 5.91 Å². The monoisotopic (exact) mass is 344 g/mol. The Bertz CT molecular complexity index is 651. The molecule has 2 rings (SSSR count). The van der Waals surface area contributed by atoms with Crippen LogP contribution in [-0.4, -0.2) is 63.5 Å². The summed E-state index contributed by atoms with van der Waals surface area (Å²) >= 11 is 0. The quantitative estimate of drug-likeness (QED) is 0.777. The summed E-state index contributed by atoms with van der Waals surface area (Å²) in [6.07, 6.45) is 0.473. The zero-order valence-electron chi connectivity index (χ0n) is 13.0. The van der Waals surface area contributed by atoms with Crippen molar-refractivity contribution in [3.05, 3.63) is 30.1 Å². The van der Waals surface area contributed by atoms with Gasteiger partial charge >= 0.3 is 0 Å². The number of ether oxygens (including phenoxy) is 1. The predicted octanol–water partition coefficient (Wildman–Crippen LogP) is 0.440. The Morgan fingerprint density at radius 3 is 2.91 bits per heavy atom. The summed E-state index contributed by atoms with van der Waals surface area (Å²) in [6, 6.07) is 5.58. The van der Waals surface area contributed by atoms with Crippen LogP contribution >= 0.6 is 0 Å². The molecule has 1 aromatic carbocycles. The molecule has 8 heteroatoms. The molecule has 1 aromatic rings. The first-order valence-electron chi connectivity index (χ1n) is 7.41. The summed E-state index contributed by atoms with van der Waals surface area (Å²) in [7, 11) is -1.23. The third kappa shape index (κ3) is 6.15. The van der Waals surface area contributed by atoms with E-state index in [9.17, 15) is 17.6 Å². The van der Waals surface area contributed by atoms with Crippen LogP contribution in [0.25, 0.3) is 0 Å². The number of carbonyl (C=O) groups excluding carboxylic acids is 1. The molecule has 1 amide bonds. The lowest BCUT2D eigenvalue weighted by molar-refractivity contribution is -0.122.